The van der Waals surface area contributed by atoms with Crippen LogP contribution in [0.4, 0.5) is 4.79 Å². The molecule has 1 aliphatic carbocycles. The summed E-state index contributed by atoms with van der Waals surface area (Å²) in [5, 5.41) is 13.2. The molecular formula is C19H28N4O2. The van der Waals surface area contributed by atoms with Crippen LogP contribution >= 0.6 is 0 Å². The molecule has 0 saturated carbocycles. The summed E-state index contributed by atoms with van der Waals surface area (Å²) >= 11 is 0. The molecule has 0 aromatic rings. The summed E-state index contributed by atoms with van der Waals surface area (Å²) < 4.78 is 0. The lowest BCUT2D eigenvalue weighted by Gasteiger charge is -2.26. The van der Waals surface area contributed by atoms with Crippen molar-refractivity contribution in [1.29, 1.82) is 0 Å². The smallest absolute Gasteiger partial charge is 0.408 e. The van der Waals surface area contributed by atoms with Crippen LogP contribution in [0.5, 0.6) is 0 Å². The maximum Gasteiger partial charge on any atom is 0.408 e. The Labute approximate surface area is 149 Å². The van der Waals surface area contributed by atoms with Crippen LogP contribution in [-0.2, 0) is 0 Å². The molecule has 0 heterocycles. The Morgan fingerprint density at radius 2 is 2.12 bits per heavy atom. The van der Waals surface area contributed by atoms with E-state index in [4.69, 9.17) is 5.84 Å². The van der Waals surface area contributed by atoms with Crippen LogP contribution in [0.2, 0.25) is 0 Å². The van der Waals surface area contributed by atoms with E-state index in [0.717, 1.165) is 5.70 Å². The third-order valence-corrected chi connectivity index (χ3v) is 3.81. The largest absolute Gasteiger partial charge is 0.465 e. The average molecular weight is 344 g/mol. The van der Waals surface area contributed by atoms with Crippen LogP contribution in [0.25, 0.3) is 0 Å². The highest BCUT2D eigenvalue weighted by atomic mass is 16.4. The number of aliphatic imine (C=N–C) groups is 1. The average Bonchev–Trinajstić information content (AvgIpc) is 2.64. The number of carboxylic acid groups (broad SMARTS) is 1. The quantitative estimate of drug-likeness (QED) is 0.398. The van der Waals surface area contributed by atoms with Gasteiger partial charge in [-0.1, -0.05) is 43.4 Å². The van der Waals surface area contributed by atoms with E-state index < -0.39 is 6.09 Å². The highest BCUT2D eigenvalue weighted by Crippen LogP contribution is 2.22. The molecule has 136 valence electrons. The van der Waals surface area contributed by atoms with Gasteiger partial charge in [0.25, 0.3) is 0 Å². The molecule has 0 aliphatic heterocycles. The van der Waals surface area contributed by atoms with E-state index >= 15 is 0 Å². The number of nitrogens with zero attached hydrogens (tertiary/aromatic N) is 2. The first-order valence-electron chi connectivity index (χ1n) is 8.32. The summed E-state index contributed by atoms with van der Waals surface area (Å²) in [7, 11) is 0. The molecule has 0 fully saturated rings. The number of hydrogen-bond donors (Lipinski definition) is 3. The molecule has 1 amide bonds. The minimum Gasteiger partial charge on any atom is -0.465 e. The zero-order chi connectivity index (χ0) is 18.8. The molecule has 25 heavy (non-hydrogen) atoms. The molecule has 0 aromatic carbocycles. The first kappa shape index (κ1) is 20.4. The Bertz CT molecular complexity index is 654. The van der Waals surface area contributed by atoms with Crippen molar-refractivity contribution < 1.29 is 9.90 Å². The number of allylic oxidation sites excluding steroid dienone is 9. The molecule has 0 spiro atoms. The minimum absolute atomic E-state index is 0.181. The maximum atomic E-state index is 11.2. The van der Waals surface area contributed by atoms with E-state index in [1.165, 1.54) is 5.01 Å². The summed E-state index contributed by atoms with van der Waals surface area (Å²) in [6.45, 7) is 7.71. The van der Waals surface area contributed by atoms with Crippen LogP contribution in [0.3, 0.4) is 0 Å². The Morgan fingerprint density at radius 3 is 2.72 bits per heavy atom. The predicted octanol–water partition coefficient (Wildman–Crippen LogP) is 4.08. The van der Waals surface area contributed by atoms with E-state index in [0.29, 0.717) is 29.9 Å². The van der Waals surface area contributed by atoms with Gasteiger partial charge in [-0.2, -0.15) is 0 Å². The third kappa shape index (κ3) is 6.81. The maximum absolute atomic E-state index is 11.2. The highest BCUT2D eigenvalue weighted by Gasteiger charge is 2.18. The Morgan fingerprint density at radius 1 is 1.40 bits per heavy atom. The number of nitrogens with two attached hydrogens (primary N) is 1. The lowest BCUT2D eigenvalue weighted by Crippen LogP contribution is -2.35. The van der Waals surface area contributed by atoms with Gasteiger partial charge in [0.15, 0.2) is 0 Å². The van der Waals surface area contributed by atoms with Crippen molar-refractivity contribution in [2.24, 2.45) is 16.8 Å². The molecule has 1 atom stereocenters. The fourth-order valence-electron chi connectivity index (χ4n) is 2.31. The number of amides is 1. The minimum atomic E-state index is -1.10. The molecule has 0 aromatic heterocycles. The second-order valence-electron chi connectivity index (χ2n) is 5.83. The van der Waals surface area contributed by atoms with Gasteiger partial charge in [0.1, 0.15) is 0 Å². The number of carbonyl (C=O) groups is 1. The fourth-order valence-corrected chi connectivity index (χ4v) is 2.31. The van der Waals surface area contributed by atoms with E-state index in [-0.39, 0.29) is 5.92 Å². The number of hydrogen-bond acceptors (Lipinski definition) is 4. The predicted molar refractivity (Wildman–Crippen MR) is 103 cm³/mol. The molecule has 1 unspecified atom stereocenters. The Hall–Kier alpha value is -2.60. The number of nitrogens with one attached hydrogen (secondary N) is 1. The van der Waals surface area contributed by atoms with Crippen molar-refractivity contribution in [2.75, 3.05) is 0 Å². The van der Waals surface area contributed by atoms with Gasteiger partial charge in [0.05, 0.1) is 17.6 Å². The third-order valence-electron chi connectivity index (χ3n) is 3.81. The lowest BCUT2D eigenvalue weighted by molar-refractivity contribution is 0.196. The molecular weight excluding hydrogens is 316 g/mol. The van der Waals surface area contributed by atoms with Crippen molar-refractivity contribution in [3.05, 3.63) is 59.2 Å². The molecule has 0 bridgehead atoms. The summed E-state index contributed by atoms with van der Waals surface area (Å²) in [6, 6.07) is 0. The normalized spacial score (nSPS) is 25.1. The molecule has 4 N–H and O–H groups in total. The standard InChI is InChI=1S/C19H28N4O2/c1-5-15(4)21-13-16(6-2)23(20)18-11-9-7-8-10-14(3)12-17(18)22-19(24)25/h5-10,13-14,22H,11-12,20H2,1-4H3,(H,24,25)/b9-7-,10-8-,15-5-,16-6+,18-17-,21-13-. The van der Waals surface area contributed by atoms with Crippen LogP contribution in [0.15, 0.2) is 64.2 Å². The SMILES string of the molecule is C\C=C(C)/N=C\C(=C/C)N(N)/C1=C(\NC(=O)O)CC(C)/C=C\C=C/C1. The van der Waals surface area contributed by atoms with Gasteiger partial charge in [0.2, 0.25) is 0 Å². The van der Waals surface area contributed by atoms with Gasteiger partial charge < -0.3 is 5.11 Å². The molecule has 0 saturated heterocycles. The van der Waals surface area contributed by atoms with Crippen molar-refractivity contribution in [2.45, 2.75) is 40.5 Å². The van der Waals surface area contributed by atoms with E-state index in [1.54, 1.807) is 6.21 Å². The highest BCUT2D eigenvalue weighted by molar-refractivity contribution is 5.79. The molecule has 1 rings (SSSR count). The van der Waals surface area contributed by atoms with E-state index in [9.17, 15) is 9.90 Å². The zero-order valence-corrected chi connectivity index (χ0v) is 15.4. The first-order chi connectivity index (χ1) is 11.9. The van der Waals surface area contributed by atoms with Gasteiger partial charge in [0, 0.05) is 17.8 Å². The van der Waals surface area contributed by atoms with Gasteiger partial charge in [-0.15, -0.1) is 0 Å². The molecule has 6 nitrogen and oxygen atoms in total. The fraction of sp³-hybridized carbons (Fsp3) is 0.368. The monoisotopic (exact) mass is 344 g/mol. The van der Waals surface area contributed by atoms with Crippen molar-refractivity contribution >= 4 is 12.3 Å². The second-order valence-corrected chi connectivity index (χ2v) is 5.83. The van der Waals surface area contributed by atoms with Crippen LogP contribution < -0.4 is 11.2 Å². The Balaban J connectivity index is 3.27. The second kappa shape index (κ2) is 10.3. The van der Waals surface area contributed by atoms with Gasteiger partial charge in [-0.05, 0) is 33.1 Å². The molecule has 1 aliphatic rings. The van der Waals surface area contributed by atoms with Crippen LogP contribution in [0, 0.1) is 5.92 Å². The molecule has 6 heteroatoms. The summed E-state index contributed by atoms with van der Waals surface area (Å²) in [5.41, 5.74) is 2.85. The summed E-state index contributed by atoms with van der Waals surface area (Å²) in [5.74, 6) is 6.50. The van der Waals surface area contributed by atoms with Crippen molar-refractivity contribution in [1.82, 2.24) is 10.3 Å². The van der Waals surface area contributed by atoms with E-state index in [1.807, 2.05) is 64.2 Å². The summed E-state index contributed by atoms with van der Waals surface area (Å²) in [4.78, 5) is 15.6. The molecule has 0 radical (unpaired) electrons. The lowest BCUT2D eigenvalue weighted by atomic mass is 10.0. The van der Waals surface area contributed by atoms with Crippen molar-refractivity contribution in [3.63, 3.8) is 0 Å². The Kier molecular flexibility index (Phi) is 8.43. The van der Waals surface area contributed by atoms with Gasteiger partial charge in [-0.25, -0.2) is 10.6 Å². The topological polar surface area (TPSA) is 91.0 Å². The van der Waals surface area contributed by atoms with Gasteiger partial charge >= 0.3 is 6.09 Å². The number of hydrazine groups is 1. The van der Waals surface area contributed by atoms with Gasteiger partial charge in [-0.3, -0.25) is 15.3 Å². The first-order valence-corrected chi connectivity index (χ1v) is 8.32. The van der Waals surface area contributed by atoms with Crippen LogP contribution in [-0.4, -0.2) is 22.4 Å². The van der Waals surface area contributed by atoms with E-state index in [2.05, 4.69) is 10.3 Å². The van der Waals surface area contributed by atoms with Crippen molar-refractivity contribution in [3.8, 4) is 0 Å². The number of rotatable bonds is 5. The van der Waals surface area contributed by atoms with Crippen LogP contribution in [0.1, 0.15) is 40.5 Å². The zero-order valence-electron chi connectivity index (χ0n) is 15.4. The summed E-state index contributed by atoms with van der Waals surface area (Å²) in [6.07, 6.45) is 13.3.